The minimum Gasteiger partial charge on any atom is -0.340 e. The second kappa shape index (κ2) is 6.37. The highest BCUT2D eigenvalue weighted by molar-refractivity contribution is 5.99. The second-order valence-electron chi connectivity index (χ2n) is 7.04. The fourth-order valence-electron chi connectivity index (χ4n) is 3.75. The average molecular weight is 294 g/mol. The molecule has 4 heteroatoms. The maximum atomic E-state index is 12.9. The molecule has 2 rings (SSSR count). The zero-order chi connectivity index (χ0) is 15.6. The lowest BCUT2D eigenvalue weighted by molar-refractivity contribution is -0.155. The maximum Gasteiger partial charge on any atom is 0.248 e. The summed E-state index contributed by atoms with van der Waals surface area (Å²) in [6, 6.07) is -0.330. The molecule has 0 bridgehead atoms. The largest absolute Gasteiger partial charge is 0.340 e. The van der Waals surface area contributed by atoms with Crippen molar-refractivity contribution in [1.82, 2.24) is 10.2 Å². The highest BCUT2D eigenvalue weighted by Gasteiger charge is 2.47. The van der Waals surface area contributed by atoms with Gasteiger partial charge >= 0.3 is 0 Å². The Hall–Kier alpha value is -1.06. The van der Waals surface area contributed by atoms with Crippen LogP contribution in [0.3, 0.4) is 0 Å². The summed E-state index contributed by atoms with van der Waals surface area (Å²) in [4.78, 5) is 27.0. The van der Waals surface area contributed by atoms with Crippen molar-refractivity contribution in [2.24, 2.45) is 11.8 Å². The van der Waals surface area contributed by atoms with Gasteiger partial charge in [-0.1, -0.05) is 33.6 Å². The lowest BCUT2D eigenvalue weighted by Crippen LogP contribution is -2.69. The molecular weight excluding hydrogens is 264 g/mol. The van der Waals surface area contributed by atoms with E-state index in [4.69, 9.17) is 0 Å². The summed E-state index contributed by atoms with van der Waals surface area (Å²) >= 11 is 0. The number of hydrogen-bond acceptors (Lipinski definition) is 2. The van der Waals surface area contributed by atoms with Crippen LogP contribution in [0.15, 0.2) is 0 Å². The van der Waals surface area contributed by atoms with E-state index in [1.54, 1.807) is 0 Å². The molecule has 120 valence electrons. The van der Waals surface area contributed by atoms with Gasteiger partial charge in [-0.3, -0.25) is 9.59 Å². The zero-order valence-corrected chi connectivity index (χ0v) is 13.9. The first-order valence-corrected chi connectivity index (χ1v) is 8.56. The highest BCUT2D eigenvalue weighted by atomic mass is 16.2. The lowest BCUT2D eigenvalue weighted by Gasteiger charge is -2.46. The maximum absolute atomic E-state index is 12.9. The van der Waals surface area contributed by atoms with Crippen LogP contribution >= 0.6 is 0 Å². The molecule has 1 unspecified atom stereocenters. The third kappa shape index (κ3) is 3.09. The first kappa shape index (κ1) is 16.3. The third-order valence-electron chi connectivity index (χ3n) is 5.68. The summed E-state index contributed by atoms with van der Waals surface area (Å²) in [5.74, 6) is 1.50. The van der Waals surface area contributed by atoms with Crippen LogP contribution in [-0.2, 0) is 9.59 Å². The van der Waals surface area contributed by atoms with Crippen LogP contribution < -0.4 is 5.32 Å². The van der Waals surface area contributed by atoms with Crippen molar-refractivity contribution in [3.8, 4) is 0 Å². The number of rotatable bonds is 4. The normalized spacial score (nSPS) is 33.0. The molecule has 0 spiro atoms. The number of carbonyl (C=O) groups excluding carboxylic acids is 2. The van der Waals surface area contributed by atoms with Gasteiger partial charge in [-0.25, -0.2) is 0 Å². The van der Waals surface area contributed by atoms with Gasteiger partial charge in [0.25, 0.3) is 0 Å². The molecule has 2 aliphatic rings. The number of amides is 2. The molecule has 21 heavy (non-hydrogen) atoms. The standard InChI is InChI=1S/C17H30N2O2/c1-5-17(6-2)16(21)19(13(4)15(20)18-17)11-14-9-7-12(3)8-10-14/h12-14H,5-11H2,1-4H3,(H,18,20). The van der Waals surface area contributed by atoms with Crippen LogP contribution in [0.25, 0.3) is 0 Å². The van der Waals surface area contributed by atoms with Crippen molar-refractivity contribution in [1.29, 1.82) is 0 Å². The van der Waals surface area contributed by atoms with E-state index in [0.717, 1.165) is 12.5 Å². The molecule has 1 N–H and O–H groups in total. The minimum atomic E-state index is -0.675. The smallest absolute Gasteiger partial charge is 0.248 e. The Bertz CT molecular complexity index is 396. The number of nitrogens with one attached hydrogen (secondary N) is 1. The summed E-state index contributed by atoms with van der Waals surface area (Å²) < 4.78 is 0. The van der Waals surface area contributed by atoms with Crippen LogP contribution in [0.2, 0.25) is 0 Å². The van der Waals surface area contributed by atoms with Gasteiger partial charge in [0.1, 0.15) is 11.6 Å². The molecule has 2 amide bonds. The van der Waals surface area contributed by atoms with Gasteiger partial charge in [0.15, 0.2) is 0 Å². The molecule has 0 aromatic carbocycles. The molecule has 1 aliphatic carbocycles. The summed E-state index contributed by atoms with van der Waals surface area (Å²) in [7, 11) is 0. The molecule has 4 nitrogen and oxygen atoms in total. The summed E-state index contributed by atoms with van der Waals surface area (Å²) in [6.45, 7) is 8.88. The van der Waals surface area contributed by atoms with E-state index in [1.807, 2.05) is 25.7 Å². The van der Waals surface area contributed by atoms with E-state index in [1.165, 1.54) is 25.7 Å². The van der Waals surface area contributed by atoms with E-state index in [2.05, 4.69) is 12.2 Å². The van der Waals surface area contributed by atoms with Gasteiger partial charge in [0.05, 0.1) is 0 Å². The lowest BCUT2D eigenvalue weighted by atomic mass is 9.81. The molecule has 1 atom stereocenters. The van der Waals surface area contributed by atoms with Crippen molar-refractivity contribution in [3.63, 3.8) is 0 Å². The first-order chi connectivity index (χ1) is 9.93. The average Bonchev–Trinajstić information content (AvgIpc) is 2.49. The van der Waals surface area contributed by atoms with Crippen LogP contribution in [0.4, 0.5) is 0 Å². The quantitative estimate of drug-likeness (QED) is 0.866. The third-order valence-corrected chi connectivity index (χ3v) is 5.68. The van der Waals surface area contributed by atoms with Crippen molar-refractivity contribution in [3.05, 3.63) is 0 Å². The minimum absolute atomic E-state index is 0.00229. The van der Waals surface area contributed by atoms with E-state index < -0.39 is 5.54 Å². The zero-order valence-electron chi connectivity index (χ0n) is 13.9. The van der Waals surface area contributed by atoms with Gasteiger partial charge in [0.2, 0.25) is 11.8 Å². The Balaban J connectivity index is 2.11. The first-order valence-electron chi connectivity index (χ1n) is 8.56. The summed E-state index contributed by atoms with van der Waals surface area (Å²) in [6.07, 6.45) is 6.20. The molecule has 1 saturated heterocycles. The monoisotopic (exact) mass is 294 g/mol. The van der Waals surface area contributed by atoms with E-state index in [9.17, 15) is 9.59 Å². The predicted molar refractivity (Wildman–Crippen MR) is 83.8 cm³/mol. The van der Waals surface area contributed by atoms with E-state index in [0.29, 0.717) is 18.8 Å². The van der Waals surface area contributed by atoms with Crippen molar-refractivity contribution >= 4 is 11.8 Å². The van der Waals surface area contributed by atoms with Gasteiger partial charge < -0.3 is 10.2 Å². The Kier molecular flexibility index (Phi) is 4.95. The molecule has 1 aliphatic heterocycles. The molecular formula is C17H30N2O2. The number of carbonyl (C=O) groups is 2. The summed E-state index contributed by atoms with van der Waals surface area (Å²) in [5, 5.41) is 2.97. The number of hydrogen-bond donors (Lipinski definition) is 1. The number of piperazine rings is 1. The van der Waals surface area contributed by atoms with Gasteiger partial charge in [0, 0.05) is 6.54 Å². The topological polar surface area (TPSA) is 49.4 Å². The van der Waals surface area contributed by atoms with Crippen molar-refractivity contribution in [2.75, 3.05) is 6.54 Å². The Morgan fingerprint density at radius 2 is 1.67 bits per heavy atom. The predicted octanol–water partition coefficient (Wildman–Crippen LogP) is 2.72. The molecule has 0 aromatic rings. The van der Waals surface area contributed by atoms with Crippen molar-refractivity contribution in [2.45, 2.75) is 77.8 Å². The van der Waals surface area contributed by atoms with Crippen LogP contribution in [0, 0.1) is 11.8 Å². The van der Waals surface area contributed by atoms with Crippen LogP contribution in [0.5, 0.6) is 0 Å². The Morgan fingerprint density at radius 3 is 2.19 bits per heavy atom. The molecule has 1 heterocycles. The molecule has 2 fully saturated rings. The highest BCUT2D eigenvalue weighted by Crippen LogP contribution is 2.31. The van der Waals surface area contributed by atoms with Crippen LogP contribution in [-0.4, -0.2) is 34.8 Å². The van der Waals surface area contributed by atoms with Gasteiger partial charge in [-0.15, -0.1) is 0 Å². The fraction of sp³-hybridized carbons (Fsp3) is 0.882. The number of nitrogens with zero attached hydrogens (tertiary/aromatic N) is 1. The summed E-state index contributed by atoms with van der Waals surface area (Å²) in [5.41, 5.74) is -0.675. The fourth-order valence-corrected chi connectivity index (χ4v) is 3.75. The van der Waals surface area contributed by atoms with Crippen molar-refractivity contribution < 1.29 is 9.59 Å². The Morgan fingerprint density at radius 1 is 1.10 bits per heavy atom. The molecule has 0 radical (unpaired) electrons. The molecule has 0 aromatic heterocycles. The van der Waals surface area contributed by atoms with E-state index >= 15 is 0 Å². The second-order valence-corrected chi connectivity index (χ2v) is 7.04. The van der Waals surface area contributed by atoms with Gasteiger partial charge in [-0.05, 0) is 44.4 Å². The SMILES string of the molecule is CCC1(CC)NC(=O)C(C)N(CC2CCC(C)CC2)C1=O. The van der Waals surface area contributed by atoms with Gasteiger partial charge in [-0.2, -0.15) is 0 Å². The molecule has 1 saturated carbocycles. The van der Waals surface area contributed by atoms with E-state index in [-0.39, 0.29) is 17.9 Å². The van der Waals surface area contributed by atoms with Crippen LogP contribution in [0.1, 0.15) is 66.2 Å². The Labute approximate surface area is 128 Å².